The van der Waals surface area contributed by atoms with Gasteiger partial charge in [-0.3, -0.25) is 4.79 Å². The second-order valence-electron chi connectivity index (χ2n) is 5.30. The van der Waals surface area contributed by atoms with Gasteiger partial charge in [0, 0.05) is 24.6 Å². The van der Waals surface area contributed by atoms with Crippen molar-refractivity contribution in [1.82, 2.24) is 15.3 Å². The fourth-order valence-electron chi connectivity index (χ4n) is 2.49. The number of H-pyrrole nitrogens is 1. The summed E-state index contributed by atoms with van der Waals surface area (Å²) in [7, 11) is 0. The van der Waals surface area contributed by atoms with Crippen molar-refractivity contribution >= 4 is 5.82 Å². The molecular weight excluding hydrogens is 228 g/mol. The molecule has 1 aliphatic carbocycles. The van der Waals surface area contributed by atoms with Gasteiger partial charge in [-0.2, -0.15) is 0 Å². The minimum Gasteiger partial charge on any atom is -0.370 e. The summed E-state index contributed by atoms with van der Waals surface area (Å²) in [4.78, 5) is 18.8. The Morgan fingerprint density at radius 1 is 1.39 bits per heavy atom. The number of hydrogen-bond acceptors (Lipinski definition) is 4. The minimum absolute atomic E-state index is 0.0478. The number of nitrogens with zero attached hydrogens (tertiary/aromatic N) is 1. The van der Waals surface area contributed by atoms with E-state index in [1.165, 1.54) is 12.8 Å². The fraction of sp³-hybridized carbons (Fsp3) is 0.692. The Kier molecular flexibility index (Phi) is 3.32. The van der Waals surface area contributed by atoms with Crippen molar-refractivity contribution in [2.75, 3.05) is 18.4 Å². The lowest BCUT2D eigenvalue weighted by atomic mass is 10.1. The molecule has 1 aromatic heterocycles. The zero-order chi connectivity index (χ0) is 12.4. The molecule has 18 heavy (non-hydrogen) atoms. The SMILES string of the molecule is O=c1cc(NCCC2CCCN2)nc(C2CC2)[nH]1. The van der Waals surface area contributed by atoms with Crippen molar-refractivity contribution in [2.24, 2.45) is 0 Å². The number of aromatic amines is 1. The van der Waals surface area contributed by atoms with E-state index < -0.39 is 0 Å². The maximum absolute atomic E-state index is 11.5. The van der Waals surface area contributed by atoms with Crippen LogP contribution >= 0.6 is 0 Å². The Bertz CT molecular complexity index is 460. The molecule has 3 rings (SSSR count). The lowest BCUT2D eigenvalue weighted by Gasteiger charge is -2.11. The van der Waals surface area contributed by atoms with Crippen LogP contribution in [0.1, 0.15) is 43.8 Å². The lowest BCUT2D eigenvalue weighted by Crippen LogP contribution is -2.24. The summed E-state index contributed by atoms with van der Waals surface area (Å²) in [6, 6.07) is 2.18. The summed E-state index contributed by atoms with van der Waals surface area (Å²) in [5.41, 5.74) is -0.0478. The molecule has 5 nitrogen and oxygen atoms in total. The van der Waals surface area contributed by atoms with Crippen LogP contribution in [0, 0.1) is 0 Å². The number of nitrogens with one attached hydrogen (secondary N) is 3. The van der Waals surface area contributed by atoms with E-state index in [2.05, 4.69) is 20.6 Å². The van der Waals surface area contributed by atoms with Crippen molar-refractivity contribution in [3.63, 3.8) is 0 Å². The number of anilines is 1. The molecule has 1 saturated heterocycles. The van der Waals surface area contributed by atoms with Gasteiger partial charge in [-0.25, -0.2) is 4.98 Å². The Hall–Kier alpha value is -1.36. The Balaban J connectivity index is 1.56. The molecule has 1 aromatic rings. The summed E-state index contributed by atoms with van der Waals surface area (Å²) in [6.07, 6.45) is 5.93. The third-order valence-electron chi connectivity index (χ3n) is 3.69. The highest BCUT2D eigenvalue weighted by molar-refractivity contribution is 5.33. The predicted molar refractivity (Wildman–Crippen MR) is 71.0 cm³/mol. The van der Waals surface area contributed by atoms with Crippen LogP contribution in [0.3, 0.4) is 0 Å². The average Bonchev–Trinajstić information content (AvgIpc) is 3.08. The third-order valence-corrected chi connectivity index (χ3v) is 3.69. The van der Waals surface area contributed by atoms with Crippen molar-refractivity contribution < 1.29 is 0 Å². The average molecular weight is 248 g/mol. The van der Waals surface area contributed by atoms with Gasteiger partial charge in [-0.15, -0.1) is 0 Å². The summed E-state index contributed by atoms with van der Waals surface area (Å²) in [5.74, 6) is 2.05. The first-order valence-electron chi connectivity index (χ1n) is 6.90. The summed E-state index contributed by atoms with van der Waals surface area (Å²) >= 11 is 0. The lowest BCUT2D eigenvalue weighted by molar-refractivity contribution is 0.574. The minimum atomic E-state index is -0.0478. The molecule has 2 fully saturated rings. The van der Waals surface area contributed by atoms with Gasteiger partial charge in [-0.05, 0) is 38.6 Å². The van der Waals surface area contributed by atoms with E-state index in [1.807, 2.05) is 0 Å². The van der Waals surface area contributed by atoms with Crippen LogP contribution in [-0.2, 0) is 0 Å². The third kappa shape index (κ3) is 2.90. The van der Waals surface area contributed by atoms with E-state index in [0.717, 1.165) is 44.0 Å². The zero-order valence-electron chi connectivity index (χ0n) is 10.5. The van der Waals surface area contributed by atoms with Crippen LogP contribution in [0.15, 0.2) is 10.9 Å². The standard InChI is InChI=1S/C13H20N4O/c18-12-8-11(16-13(17-12)9-3-4-9)15-7-5-10-2-1-6-14-10/h8-10,14H,1-7H2,(H2,15,16,17,18). The summed E-state index contributed by atoms with van der Waals surface area (Å²) in [6.45, 7) is 2.01. The van der Waals surface area contributed by atoms with Gasteiger partial charge in [0.05, 0.1) is 0 Å². The Morgan fingerprint density at radius 2 is 2.28 bits per heavy atom. The topological polar surface area (TPSA) is 69.8 Å². The van der Waals surface area contributed by atoms with Crippen molar-refractivity contribution in [3.8, 4) is 0 Å². The van der Waals surface area contributed by atoms with Crippen LogP contribution in [0.5, 0.6) is 0 Å². The highest BCUT2D eigenvalue weighted by Crippen LogP contribution is 2.37. The van der Waals surface area contributed by atoms with Crippen LogP contribution < -0.4 is 16.2 Å². The molecule has 0 spiro atoms. The van der Waals surface area contributed by atoms with Gasteiger partial charge < -0.3 is 15.6 Å². The van der Waals surface area contributed by atoms with Gasteiger partial charge >= 0.3 is 0 Å². The largest absolute Gasteiger partial charge is 0.370 e. The predicted octanol–water partition coefficient (Wildman–Crippen LogP) is 1.20. The maximum Gasteiger partial charge on any atom is 0.252 e. The zero-order valence-corrected chi connectivity index (χ0v) is 10.5. The van der Waals surface area contributed by atoms with Gasteiger partial charge in [0.25, 0.3) is 5.56 Å². The molecule has 1 atom stereocenters. The van der Waals surface area contributed by atoms with E-state index >= 15 is 0 Å². The quantitative estimate of drug-likeness (QED) is 0.732. The van der Waals surface area contributed by atoms with Crippen LogP contribution in [0.2, 0.25) is 0 Å². The normalized spacial score (nSPS) is 23.2. The van der Waals surface area contributed by atoms with E-state index in [4.69, 9.17) is 0 Å². The van der Waals surface area contributed by atoms with Gasteiger partial charge in [0.2, 0.25) is 0 Å². The molecule has 0 aromatic carbocycles. The van der Waals surface area contributed by atoms with Crippen molar-refractivity contribution in [2.45, 2.75) is 44.1 Å². The molecule has 0 bridgehead atoms. The molecule has 1 saturated carbocycles. The molecule has 0 radical (unpaired) electrons. The molecule has 1 unspecified atom stereocenters. The molecule has 2 heterocycles. The second kappa shape index (κ2) is 5.10. The van der Waals surface area contributed by atoms with Gasteiger partial charge in [-0.1, -0.05) is 0 Å². The van der Waals surface area contributed by atoms with Gasteiger partial charge in [0.15, 0.2) is 0 Å². The number of aromatic nitrogens is 2. The highest BCUT2D eigenvalue weighted by Gasteiger charge is 2.26. The maximum atomic E-state index is 11.5. The van der Waals surface area contributed by atoms with Gasteiger partial charge in [0.1, 0.15) is 11.6 Å². The van der Waals surface area contributed by atoms with E-state index in [-0.39, 0.29) is 5.56 Å². The first-order valence-corrected chi connectivity index (χ1v) is 6.90. The molecule has 98 valence electrons. The second-order valence-corrected chi connectivity index (χ2v) is 5.30. The molecule has 3 N–H and O–H groups in total. The Labute approximate surface area is 106 Å². The Morgan fingerprint density at radius 3 is 3.00 bits per heavy atom. The molecular formula is C13H20N4O. The monoisotopic (exact) mass is 248 g/mol. The van der Waals surface area contributed by atoms with E-state index in [1.54, 1.807) is 6.07 Å². The van der Waals surface area contributed by atoms with Crippen molar-refractivity contribution in [3.05, 3.63) is 22.2 Å². The van der Waals surface area contributed by atoms with Crippen LogP contribution in [-0.4, -0.2) is 29.1 Å². The van der Waals surface area contributed by atoms with E-state index in [0.29, 0.717) is 12.0 Å². The first kappa shape index (κ1) is 11.7. The number of hydrogen-bond donors (Lipinski definition) is 3. The van der Waals surface area contributed by atoms with Crippen LogP contribution in [0.4, 0.5) is 5.82 Å². The smallest absolute Gasteiger partial charge is 0.252 e. The van der Waals surface area contributed by atoms with Crippen LogP contribution in [0.25, 0.3) is 0 Å². The molecule has 0 amide bonds. The summed E-state index contributed by atoms with van der Waals surface area (Å²) in [5, 5.41) is 6.73. The fourth-order valence-corrected chi connectivity index (χ4v) is 2.49. The highest BCUT2D eigenvalue weighted by atomic mass is 16.1. The first-order chi connectivity index (χ1) is 8.81. The molecule has 1 aliphatic heterocycles. The molecule has 5 heteroatoms. The van der Waals surface area contributed by atoms with Crippen molar-refractivity contribution in [1.29, 1.82) is 0 Å². The summed E-state index contributed by atoms with van der Waals surface area (Å²) < 4.78 is 0. The molecule has 2 aliphatic rings. The number of rotatable bonds is 5. The van der Waals surface area contributed by atoms with E-state index in [9.17, 15) is 4.79 Å².